The highest BCUT2D eigenvalue weighted by atomic mass is 16.5. The molecule has 0 unspecified atom stereocenters. The van der Waals surface area contributed by atoms with Gasteiger partial charge in [-0.2, -0.15) is 10.1 Å². The lowest BCUT2D eigenvalue weighted by Gasteiger charge is -2.29. The smallest absolute Gasteiger partial charge is 0.292 e. The summed E-state index contributed by atoms with van der Waals surface area (Å²) in [5.41, 5.74) is 19.1. The van der Waals surface area contributed by atoms with Crippen LogP contribution in [0, 0.1) is 6.92 Å². The van der Waals surface area contributed by atoms with Crippen LogP contribution in [0.3, 0.4) is 0 Å². The van der Waals surface area contributed by atoms with E-state index in [-0.39, 0.29) is 17.8 Å². The van der Waals surface area contributed by atoms with Gasteiger partial charge < -0.3 is 40.3 Å². The number of anilines is 2. The number of aromatic nitrogens is 7. The number of amides is 2. The third-order valence-electron chi connectivity index (χ3n) is 8.98. The molecular weight excluding hydrogens is 694 g/mol. The zero-order chi connectivity index (χ0) is 37.4. The molecule has 1 aliphatic rings. The predicted molar refractivity (Wildman–Crippen MR) is 198 cm³/mol. The summed E-state index contributed by atoms with van der Waals surface area (Å²) >= 11 is 0. The summed E-state index contributed by atoms with van der Waals surface area (Å²) < 4.78 is 23.9. The molecule has 2 amide bonds. The van der Waals surface area contributed by atoms with E-state index in [9.17, 15) is 9.59 Å². The van der Waals surface area contributed by atoms with E-state index in [1.807, 2.05) is 21.7 Å². The zero-order valence-electron chi connectivity index (χ0n) is 29.9. The number of rotatable bonds is 16. The minimum atomic E-state index is -0.244. The van der Waals surface area contributed by atoms with Gasteiger partial charge in [0.1, 0.15) is 29.2 Å². The molecule has 54 heavy (non-hydrogen) atoms. The largest absolute Gasteiger partial charge is 0.424 e. The first-order valence-corrected chi connectivity index (χ1v) is 17.6. The minimum Gasteiger partial charge on any atom is -0.424 e. The van der Waals surface area contributed by atoms with Crippen LogP contribution >= 0.6 is 0 Å². The number of hydrogen-bond donors (Lipinski definition) is 3. The molecule has 2 aromatic carbocycles. The molecule has 0 saturated heterocycles. The van der Waals surface area contributed by atoms with Gasteiger partial charge in [0.25, 0.3) is 11.9 Å². The molecule has 280 valence electrons. The van der Waals surface area contributed by atoms with Crippen LogP contribution in [0.1, 0.15) is 39.3 Å². The van der Waals surface area contributed by atoms with E-state index in [1.165, 1.54) is 24.3 Å². The fraction of sp³-hybridized carbons (Fsp3) is 0.351. The van der Waals surface area contributed by atoms with Crippen LogP contribution in [-0.2, 0) is 38.5 Å². The number of ether oxygens (including phenoxy) is 3. The standard InChI is InChI=1S/C37H41N11O6/c1-23-41-18-28(19-42-23)36(50)40-8-11-52-13-15-53-14-12-51-10-7-31(49)47-9-6-25-16-24(2-3-27(25)21-47)20-48-35-32(34(38)43-22-44-35)33(46-48)26-4-5-30-29(17-26)45-37(39)54-30/h2-5,16-19,22H,6-15,20-21H2,1H3,(H2,39,45)(H,40,50)(H2,38,43,44). The predicted octanol–water partition coefficient (Wildman–Crippen LogP) is 2.70. The van der Waals surface area contributed by atoms with Gasteiger partial charge in [-0.3, -0.25) is 9.59 Å². The summed E-state index contributed by atoms with van der Waals surface area (Å²) in [5.74, 6) is 0.757. The van der Waals surface area contributed by atoms with Crippen molar-refractivity contribution in [3.05, 3.63) is 83.2 Å². The Morgan fingerprint density at radius 2 is 1.69 bits per heavy atom. The average Bonchev–Trinajstić information content (AvgIpc) is 3.74. The second kappa shape index (κ2) is 16.7. The first kappa shape index (κ1) is 36.3. The van der Waals surface area contributed by atoms with Crippen LogP contribution in [-0.4, -0.2) is 104 Å². The molecule has 0 fully saturated rings. The maximum Gasteiger partial charge on any atom is 0.292 e. The Balaban J connectivity index is 0.823. The van der Waals surface area contributed by atoms with Crippen LogP contribution in [0.25, 0.3) is 33.4 Å². The molecular formula is C37H41N11O6. The Labute approximate surface area is 310 Å². The topological polar surface area (TPSA) is 225 Å². The highest BCUT2D eigenvalue weighted by Crippen LogP contribution is 2.33. The van der Waals surface area contributed by atoms with Gasteiger partial charge in [0.15, 0.2) is 11.2 Å². The van der Waals surface area contributed by atoms with Crippen molar-refractivity contribution >= 4 is 45.8 Å². The monoisotopic (exact) mass is 735 g/mol. The summed E-state index contributed by atoms with van der Waals surface area (Å²) in [6.07, 6.45) is 5.47. The van der Waals surface area contributed by atoms with Crippen LogP contribution in [0.5, 0.6) is 0 Å². The maximum absolute atomic E-state index is 13.0. The molecule has 5 N–H and O–H groups in total. The molecule has 6 aromatic rings. The van der Waals surface area contributed by atoms with E-state index in [0.29, 0.717) is 117 Å². The molecule has 1 aliphatic heterocycles. The van der Waals surface area contributed by atoms with Gasteiger partial charge in [0.05, 0.1) is 63.6 Å². The zero-order valence-corrected chi connectivity index (χ0v) is 29.9. The van der Waals surface area contributed by atoms with Gasteiger partial charge in [-0.15, -0.1) is 0 Å². The van der Waals surface area contributed by atoms with Gasteiger partial charge >= 0.3 is 0 Å². The molecule has 0 atom stereocenters. The molecule has 7 rings (SSSR count). The Kier molecular flexibility index (Phi) is 11.3. The average molecular weight is 736 g/mol. The normalized spacial score (nSPS) is 12.7. The van der Waals surface area contributed by atoms with Gasteiger partial charge in [-0.05, 0) is 48.2 Å². The van der Waals surface area contributed by atoms with Crippen LogP contribution in [0.4, 0.5) is 11.8 Å². The fourth-order valence-electron chi connectivity index (χ4n) is 6.23. The van der Waals surface area contributed by atoms with Crippen molar-refractivity contribution in [2.45, 2.75) is 32.9 Å². The summed E-state index contributed by atoms with van der Waals surface area (Å²) in [7, 11) is 0. The number of carbonyl (C=O) groups is 2. The van der Waals surface area contributed by atoms with Gasteiger partial charge in [-0.1, -0.05) is 18.2 Å². The van der Waals surface area contributed by atoms with E-state index in [1.54, 1.807) is 13.0 Å². The third kappa shape index (κ3) is 8.60. The number of oxazole rings is 1. The highest BCUT2D eigenvalue weighted by Gasteiger charge is 2.22. The number of nitrogens with one attached hydrogen (secondary N) is 1. The fourth-order valence-corrected chi connectivity index (χ4v) is 6.23. The van der Waals surface area contributed by atoms with E-state index in [0.717, 1.165) is 23.1 Å². The lowest BCUT2D eigenvalue weighted by atomic mass is 9.97. The Hall–Kier alpha value is -6.04. The molecule has 4 aromatic heterocycles. The number of hydrogen-bond acceptors (Lipinski definition) is 14. The minimum absolute atomic E-state index is 0.0559. The molecule has 17 nitrogen and oxygen atoms in total. The summed E-state index contributed by atoms with van der Waals surface area (Å²) in [6.45, 7) is 6.03. The van der Waals surface area contributed by atoms with Crippen LogP contribution in [0.2, 0.25) is 0 Å². The second-order valence-electron chi connectivity index (χ2n) is 12.7. The first-order valence-electron chi connectivity index (χ1n) is 17.6. The van der Waals surface area contributed by atoms with Crippen LogP contribution in [0.15, 0.2) is 59.5 Å². The number of nitrogen functional groups attached to an aromatic ring is 2. The molecule has 17 heteroatoms. The number of fused-ring (bicyclic) bond motifs is 3. The number of nitrogens with two attached hydrogens (primary N) is 2. The lowest BCUT2D eigenvalue weighted by molar-refractivity contribution is -0.133. The first-order chi connectivity index (χ1) is 26.3. The van der Waals surface area contributed by atoms with E-state index in [2.05, 4.69) is 48.4 Å². The van der Waals surface area contributed by atoms with Crippen molar-refractivity contribution in [1.29, 1.82) is 0 Å². The molecule has 5 heterocycles. The molecule has 0 radical (unpaired) electrons. The summed E-state index contributed by atoms with van der Waals surface area (Å²) in [4.78, 5) is 47.9. The van der Waals surface area contributed by atoms with Crippen molar-refractivity contribution in [3.8, 4) is 11.3 Å². The molecule has 0 spiro atoms. The highest BCUT2D eigenvalue weighted by molar-refractivity contribution is 5.99. The van der Waals surface area contributed by atoms with E-state index >= 15 is 0 Å². The quantitative estimate of drug-likeness (QED) is 0.122. The van der Waals surface area contributed by atoms with Crippen molar-refractivity contribution in [2.24, 2.45) is 0 Å². The maximum atomic E-state index is 13.0. The lowest BCUT2D eigenvalue weighted by Crippen LogP contribution is -2.36. The Morgan fingerprint density at radius 3 is 2.50 bits per heavy atom. The Morgan fingerprint density at radius 1 is 0.907 bits per heavy atom. The second-order valence-corrected chi connectivity index (χ2v) is 12.7. The van der Waals surface area contributed by atoms with Gasteiger partial charge in [-0.25, -0.2) is 24.6 Å². The van der Waals surface area contributed by atoms with Crippen molar-refractivity contribution in [2.75, 3.05) is 64.2 Å². The SMILES string of the molecule is Cc1ncc(C(=O)NCCOCCOCCOCCC(=O)N2CCc3cc(Cn4nc(-c5ccc6oc(N)nc6c5)c5c(N)ncnc54)ccc3C2)cn1. The van der Waals surface area contributed by atoms with Crippen molar-refractivity contribution in [1.82, 2.24) is 44.9 Å². The third-order valence-corrected chi connectivity index (χ3v) is 8.98. The van der Waals surface area contributed by atoms with Crippen molar-refractivity contribution in [3.63, 3.8) is 0 Å². The molecule has 0 bridgehead atoms. The number of benzene rings is 2. The Bertz CT molecular complexity index is 2260. The number of carbonyl (C=O) groups excluding carboxylic acids is 2. The molecule has 0 aliphatic carbocycles. The summed E-state index contributed by atoms with van der Waals surface area (Å²) in [6, 6.07) is 12.0. The van der Waals surface area contributed by atoms with Gasteiger partial charge in [0.2, 0.25) is 5.91 Å². The van der Waals surface area contributed by atoms with E-state index in [4.69, 9.17) is 35.2 Å². The van der Waals surface area contributed by atoms with Crippen molar-refractivity contribution < 1.29 is 28.2 Å². The van der Waals surface area contributed by atoms with Crippen LogP contribution < -0.4 is 16.8 Å². The molecule has 0 saturated carbocycles. The number of nitrogens with zero attached hydrogens (tertiary/aromatic N) is 8. The summed E-state index contributed by atoms with van der Waals surface area (Å²) in [5, 5.41) is 8.33. The number of aryl methyl sites for hydroxylation is 1. The van der Waals surface area contributed by atoms with Gasteiger partial charge in [0, 0.05) is 37.6 Å². The van der Waals surface area contributed by atoms with E-state index < -0.39 is 0 Å².